The monoisotopic (exact) mass is 399 g/mol. The lowest BCUT2D eigenvalue weighted by molar-refractivity contribution is 0.0691. The second-order valence-electron chi connectivity index (χ2n) is 5.70. The number of rotatable bonds is 5. The van der Waals surface area contributed by atoms with Crippen molar-refractivity contribution in [2.24, 2.45) is 0 Å². The van der Waals surface area contributed by atoms with Gasteiger partial charge in [0.2, 0.25) is 0 Å². The van der Waals surface area contributed by atoms with E-state index in [9.17, 15) is 18.4 Å². The van der Waals surface area contributed by atoms with Crippen LogP contribution >= 0.6 is 11.3 Å². The first kappa shape index (κ1) is 18.5. The zero-order chi connectivity index (χ0) is 18.9. The average molecular weight is 399 g/mol. The number of anilines is 2. The number of piperazine rings is 1. The molecule has 12 heteroatoms. The molecule has 10 nitrogen and oxygen atoms in total. The van der Waals surface area contributed by atoms with Crippen molar-refractivity contribution in [3.63, 3.8) is 0 Å². The topological polar surface area (TPSA) is 127 Å². The van der Waals surface area contributed by atoms with Gasteiger partial charge in [-0.25, -0.2) is 14.8 Å². The Morgan fingerprint density at radius 2 is 1.92 bits per heavy atom. The molecule has 2 aromatic heterocycles. The Morgan fingerprint density at radius 1 is 1.23 bits per heavy atom. The first-order valence-corrected chi connectivity index (χ1v) is 9.93. The summed E-state index contributed by atoms with van der Waals surface area (Å²) in [5, 5.41) is 18.7. The van der Waals surface area contributed by atoms with E-state index in [4.69, 9.17) is 5.11 Å². The molecule has 0 aliphatic carbocycles. The van der Waals surface area contributed by atoms with Crippen molar-refractivity contribution in [2.75, 3.05) is 42.6 Å². The summed E-state index contributed by atoms with van der Waals surface area (Å²) in [6.45, 7) is 3.33. The molecule has 2 N–H and O–H groups in total. The molecule has 0 amide bonds. The van der Waals surface area contributed by atoms with Crippen molar-refractivity contribution >= 4 is 38.1 Å². The molecule has 0 spiro atoms. The molecule has 3 heterocycles. The number of sulfonamides is 1. The highest BCUT2D eigenvalue weighted by molar-refractivity contribution is 7.92. The van der Waals surface area contributed by atoms with Crippen LogP contribution in [0.4, 0.5) is 10.8 Å². The summed E-state index contributed by atoms with van der Waals surface area (Å²) in [7, 11) is -2.34. The number of carboxylic acids is 1. The van der Waals surface area contributed by atoms with E-state index in [-0.39, 0.29) is 14.4 Å². The Morgan fingerprint density at radius 3 is 2.50 bits per heavy atom. The zero-order valence-electron chi connectivity index (χ0n) is 13.8. The van der Waals surface area contributed by atoms with Gasteiger partial charge >= 0.3 is 5.97 Å². The molecule has 1 aliphatic heterocycles. The van der Waals surface area contributed by atoms with E-state index in [2.05, 4.69) is 14.9 Å². The van der Waals surface area contributed by atoms with Gasteiger partial charge in [0.1, 0.15) is 10.7 Å². The fraction of sp³-hybridized carbons (Fsp3) is 0.357. The number of hydrogen-bond donors (Lipinski definition) is 2. The van der Waals surface area contributed by atoms with Crippen LogP contribution in [0.5, 0.6) is 0 Å². The van der Waals surface area contributed by atoms with Gasteiger partial charge in [0.15, 0.2) is 10.7 Å². The largest absolute Gasteiger partial charge is 0.476 e. The van der Waals surface area contributed by atoms with Gasteiger partial charge in [0.05, 0.1) is 5.51 Å². The van der Waals surface area contributed by atoms with Crippen LogP contribution in [0.25, 0.3) is 0 Å². The van der Waals surface area contributed by atoms with Crippen LogP contribution in [-0.4, -0.2) is 72.8 Å². The van der Waals surface area contributed by atoms with Gasteiger partial charge in [-0.2, -0.15) is 8.42 Å². The highest BCUT2D eigenvalue weighted by Crippen LogP contribution is 2.29. The molecule has 1 aliphatic rings. The summed E-state index contributed by atoms with van der Waals surface area (Å²) in [4.78, 5) is 22.8. The number of carbonyl (C=O) groups is 1. The minimum atomic E-state index is -4.37. The Hall–Kier alpha value is -2.28. The van der Waals surface area contributed by atoms with E-state index in [1.54, 1.807) is 6.07 Å². The van der Waals surface area contributed by atoms with Crippen molar-refractivity contribution in [3.8, 4) is 0 Å². The minimum Gasteiger partial charge on any atom is -0.476 e. The van der Waals surface area contributed by atoms with E-state index in [1.807, 2.05) is 11.9 Å². The third kappa shape index (κ3) is 3.49. The number of aromatic carboxylic acids is 1. The fourth-order valence-electron chi connectivity index (χ4n) is 2.48. The van der Waals surface area contributed by atoms with E-state index in [0.29, 0.717) is 17.2 Å². The lowest BCUT2D eigenvalue weighted by Gasteiger charge is -2.33. The quantitative estimate of drug-likeness (QED) is 0.694. The van der Waals surface area contributed by atoms with Gasteiger partial charge < -0.3 is 14.9 Å². The fourth-order valence-corrected chi connectivity index (χ4v) is 4.43. The smallest absolute Gasteiger partial charge is 0.357 e. The third-order valence-corrected chi connectivity index (χ3v) is 6.39. The number of nitrogens with zero attached hydrogens (tertiary/aromatic N) is 5. The standard InChI is InChI=1S/C14H17N5O5S2/c1-17-4-6-18(7-5-17)11-3-2-10(8-15-11)26(23,24)19(22)13-12(14(20)21)16-9-25-13/h2-3,8-9,22H,4-7H2,1H3,(H,20,21). The van der Waals surface area contributed by atoms with Crippen molar-refractivity contribution in [3.05, 3.63) is 29.5 Å². The molecular weight excluding hydrogens is 382 g/mol. The Labute approximate surface area is 153 Å². The second-order valence-corrected chi connectivity index (χ2v) is 8.30. The summed E-state index contributed by atoms with van der Waals surface area (Å²) in [6.07, 6.45) is 1.15. The predicted octanol–water partition coefficient (Wildman–Crippen LogP) is 0.573. The van der Waals surface area contributed by atoms with Gasteiger partial charge in [-0.1, -0.05) is 0 Å². The molecule has 2 aromatic rings. The molecule has 1 fully saturated rings. The molecule has 0 radical (unpaired) electrons. The summed E-state index contributed by atoms with van der Waals surface area (Å²) in [5.74, 6) is -0.787. The van der Waals surface area contributed by atoms with Crippen LogP contribution < -0.4 is 9.37 Å². The van der Waals surface area contributed by atoms with Crippen LogP contribution in [0, 0.1) is 0 Å². The van der Waals surface area contributed by atoms with E-state index in [1.165, 1.54) is 6.07 Å². The van der Waals surface area contributed by atoms with E-state index in [0.717, 1.165) is 37.9 Å². The van der Waals surface area contributed by atoms with Crippen molar-refractivity contribution in [2.45, 2.75) is 4.90 Å². The van der Waals surface area contributed by atoms with Crippen LogP contribution in [0.3, 0.4) is 0 Å². The van der Waals surface area contributed by atoms with Crippen LogP contribution in [0.1, 0.15) is 10.5 Å². The van der Waals surface area contributed by atoms with Gasteiger partial charge in [-0.05, 0) is 19.2 Å². The number of pyridine rings is 1. The average Bonchev–Trinajstić information content (AvgIpc) is 3.11. The molecule has 26 heavy (non-hydrogen) atoms. The lowest BCUT2D eigenvalue weighted by atomic mass is 10.3. The molecule has 0 unspecified atom stereocenters. The van der Waals surface area contributed by atoms with Crippen molar-refractivity contribution < 1.29 is 23.5 Å². The first-order valence-electron chi connectivity index (χ1n) is 7.61. The highest BCUT2D eigenvalue weighted by Gasteiger charge is 2.30. The first-order chi connectivity index (χ1) is 12.3. The summed E-state index contributed by atoms with van der Waals surface area (Å²) in [6, 6.07) is 2.90. The number of hydrogen-bond acceptors (Lipinski definition) is 9. The van der Waals surface area contributed by atoms with E-state index >= 15 is 0 Å². The Bertz CT molecular complexity index is 891. The van der Waals surface area contributed by atoms with Gasteiger partial charge in [-0.15, -0.1) is 15.8 Å². The van der Waals surface area contributed by atoms with Crippen molar-refractivity contribution in [1.82, 2.24) is 14.9 Å². The van der Waals surface area contributed by atoms with Crippen LogP contribution in [-0.2, 0) is 10.0 Å². The highest BCUT2D eigenvalue weighted by atomic mass is 32.2. The predicted molar refractivity (Wildman–Crippen MR) is 94.5 cm³/mol. The van der Waals surface area contributed by atoms with Crippen LogP contribution in [0.2, 0.25) is 0 Å². The van der Waals surface area contributed by atoms with Crippen molar-refractivity contribution in [1.29, 1.82) is 0 Å². The third-order valence-electron chi connectivity index (χ3n) is 4.00. The molecule has 0 saturated carbocycles. The Kier molecular flexibility index (Phi) is 5.09. The van der Waals surface area contributed by atoms with Gasteiger partial charge in [0.25, 0.3) is 10.0 Å². The van der Waals surface area contributed by atoms with Gasteiger partial charge in [0, 0.05) is 32.4 Å². The number of thiazole rings is 1. The number of likely N-dealkylation sites (N-methyl/N-ethyl adjacent to an activating group) is 1. The lowest BCUT2D eigenvalue weighted by Crippen LogP contribution is -2.44. The van der Waals surface area contributed by atoms with Gasteiger partial charge in [-0.3, -0.25) is 5.21 Å². The molecule has 0 aromatic carbocycles. The molecule has 1 saturated heterocycles. The summed E-state index contributed by atoms with van der Waals surface area (Å²) in [5.41, 5.74) is 0.606. The maximum absolute atomic E-state index is 12.5. The normalized spacial score (nSPS) is 15.8. The molecule has 0 bridgehead atoms. The molecular formula is C14H17N5O5S2. The van der Waals surface area contributed by atoms with E-state index < -0.39 is 21.7 Å². The summed E-state index contributed by atoms with van der Waals surface area (Å²) < 4.78 is 25.0. The number of carboxylic acid groups (broad SMARTS) is 1. The number of aromatic nitrogens is 2. The minimum absolute atomic E-state index is 0.0688. The molecule has 140 valence electrons. The zero-order valence-corrected chi connectivity index (χ0v) is 15.4. The molecule has 0 atom stereocenters. The maximum Gasteiger partial charge on any atom is 0.357 e. The SMILES string of the molecule is CN1CCN(c2ccc(S(=O)(=O)N(O)c3scnc3C(=O)O)cn2)CC1. The second kappa shape index (κ2) is 7.15. The Balaban J connectivity index is 1.83. The summed E-state index contributed by atoms with van der Waals surface area (Å²) >= 11 is 0.705. The van der Waals surface area contributed by atoms with Crippen LogP contribution in [0.15, 0.2) is 28.7 Å². The molecule has 3 rings (SSSR count). The maximum atomic E-state index is 12.5.